The third-order valence-corrected chi connectivity index (χ3v) is 5.52. The first-order valence-electron chi connectivity index (χ1n) is 9.96. The van der Waals surface area contributed by atoms with Crippen molar-refractivity contribution in [3.63, 3.8) is 0 Å². The standard InChI is InChI=1S/C18H22F3N7O3/c19-18(20,21)13-8-14(25-11-24-13)28-5-1-2-17(10-28)9-12(26-31-17)15(29)22-3-6-27-7-4-23-16(27)30/h8,11H,1-7,9-10H2,(H,22,29)(H,23,30)/t17-/m1/s1. The Morgan fingerprint density at radius 3 is 2.90 bits per heavy atom. The van der Waals surface area contributed by atoms with Gasteiger partial charge in [0, 0.05) is 45.2 Å². The molecule has 2 N–H and O–H groups in total. The van der Waals surface area contributed by atoms with Crippen LogP contribution in [0.4, 0.5) is 23.8 Å². The molecular formula is C18H22F3N7O3. The summed E-state index contributed by atoms with van der Waals surface area (Å²) in [5.74, 6) is -0.221. The molecule has 0 unspecified atom stereocenters. The van der Waals surface area contributed by atoms with Crippen molar-refractivity contribution in [2.24, 2.45) is 5.16 Å². The van der Waals surface area contributed by atoms with E-state index in [-0.39, 0.29) is 43.0 Å². The smallest absolute Gasteiger partial charge is 0.386 e. The highest BCUT2D eigenvalue weighted by Crippen LogP contribution is 2.36. The highest BCUT2D eigenvalue weighted by molar-refractivity contribution is 6.39. The molecule has 0 aliphatic carbocycles. The molecule has 1 aromatic heterocycles. The second-order valence-electron chi connectivity index (χ2n) is 7.75. The number of rotatable bonds is 5. The lowest BCUT2D eigenvalue weighted by molar-refractivity contribution is -0.141. The summed E-state index contributed by atoms with van der Waals surface area (Å²) in [7, 11) is 0. The maximum Gasteiger partial charge on any atom is 0.433 e. The first-order chi connectivity index (χ1) is 14.8. The number of oxime groups is 1. The molecule has 168 valence electrons. The summed E-state index contributed by atoms with van der Waals surface area (Å²) in [6.07, 6.45) is -2.14. The number of carbonyl (C=O) groups excluding carboxylic acids is 2. The topological polar surface area (TPSA) is 112 Å². The lowest BCUT2D eigenvalue weighted by Gasteiger charge is -2.38. The zero-order valence-corrected chi connectivity index (χ0v) is 16.6. The third kappa shape index (κ3) is 4.64. The molecule has 1 atom stereocenters. The van der Waals surface area contributed by atoms with Crippen LogP contribution in [0.15, 0.2) is 17.5 Å². The van der Waals surface area contributed by atoms with Crippen LogP contribution in [0.5, 0.6) is 0 Å². The van der Waals surface area contributed by atoms with Gasteiger partial charge in [-0.15, -0.1) is 0 Å². The van der Waals surface area contributed by atoms with Crippen molar-refractivity contribution in [3.8, 4) is 0 Å². The number of aromatic nitrogens is 2. The van der Waals surface area contributed by atoms with Gasteiger partial charge >= 0.3 is 12.2 Å². The van der Waals surface area contributed by atoms with Gasteiger partial charge in [-0.1, -0.05) is 5.16 Å². The molecule has 3 amide bonds. The van der Waals surface area contributed by atoms with Gasteiger partial charge in [0.1, 0.15) is 23.6 Å². The summed E-state index contributed by atoms with van der Waals surface area (Å²) in [4.78, 5) is 40.1. The highest BCUT2D eigenvalue weighted by Gasteiger charge is 2.45. The molecule has 0 radical (unpaired) electrons. The fraction of sp³-hybridized carbons (Fsp3) is 0.611. The van der Waals surface area contributed by atoms with Gasteiger partial charge in [0.2, 0.25) is 0 Å². The van der Waals surface area contributed by atoms with Gasteiger partial charge in [0.15, 0.2) is 5.60 Å². The number of hydrogen-bond acceptors (Lipinski definition) is 7. The fourth-order valence-corrected chi connectivity index (χ4v) is 3.96. The Kier molecular flexibility index (Phi) is 5.58. The summed E-state index contributed by atoms with van der Waals surface area (Å²) in [5.41, 5.74) is -1.57. The molecule has 4 heterocycles. The number of urea groups is 1. The molecular weight excluding hydrogens is 419 g/mol. The van der Waals surface area contributed by atoms with Crippen LogP contribution >= 0.6 is 0 Å². The quantitative estimate of drug-likeness (QED) is 0.698. The van der Waals surface area contributed by atoms with E-state index in [1.54, 1.807) is 9.80 Å². The van der Waals surface area contributed by atoms with Crippen LogP contribution in [0.3, 0.4) is 0 Å². The normalized spacial score (nSPS) is 23.6. The Labute approximate surface area is 175 Å². The molecule has 1 aromatic rings. The summed E-state index contributed by atoms with van der Waals surface area (Å²) >= 11 is 0. The number of nitrogens with zero attached hydrogens (tertiary/aromatic N) is 5. The van der Waals surface area contributed by atoms with E-state index in [9.17, 15) is 22.8 Å². The Bertz CT molecular complexity index is 894. The summed E-state index contributed by atoms with van der Waals surface area (Å²) in [6, 6.07) is 0.757. The zero-order valence-electron chi connectivity index (χ0n) is 16.6. The number of nitrogens with one attached hydrogen (secondary N) is 2. The van der Waals surface area contributed by atoms with Crippen LogP contribution in [-0.2, 0) is 15.8 Å². The minimum atomic E-state index is -4.56. The predicted octanol–water partition coefficient (Wildman–Crippen LogP) is 0.752. The van der Waals surface area contributed by atoms with E-state index in [0.29, 0.717) is 39.0 Å². The van der Waals surface area contributed by atoms with Gasteiger partial charge < -0.3 is 25.3 Å². The number of hydrogen-bond donors (Lipinski definition) is 2. The van der Waals surface area contributed by atoms with Crippen molar-refractivity contribution in [2.45, 2.75) is 31.0 Å². The molecule has 13 heteroatoms. The Balaban J connectivity index is 1.33. The van der Waals surface area contributed by atoms with Crippen LogP contribution in [-0.4, -0.2) is 77.4 Å². The molecule has 4 rings (SSSR count). The minimum Gasteiger partial charge on any atom is -0.386 e. The first kappa shape index (κ1) is 21.1. The third-order valence-electron chi connectivity index (χ3n) is 5.52. The first-order valence-corrected chi connectivity index (χ1v) is 9.96. The van der Waals surface area contributed by atoms with Crippen molar-refractivity contribution in [1.29, 1.82) is 0 Å². The summed E-state index contributed by atoms with van der Waals surface area (Å²) < 4.78 is 38.9. The number of halogens is 3. The van der Waals surface area contributed by atoms with Crippen LogP contribution in [0.1, 0.15) is 25.0 Å². The van der Waals surface area contributed by atoms with Crippen molar-refractivity contribution in [1.82, 2.24) is 25.5 Å². The molecule has 10 nitrogen and oxygen atoms in total. The summed E-state index contributed by atoms with van der Waals surface area (Å²) in [6.45, 7) is 2.62. The summed E-state index contributed by atoms with van der Waals surface area (Å²) in [5, 5.41) is 9.35. The van der Waals surface area contributed by atoms with Gasteiger partial charge in [0.25, 0.3) is 5.91 Å². The average molecular weight is 441 g/mol. The SMILES string of the molecule is O=C(NCCN1CCNC1=O)C1=NO[C@]2(CCCN(c3cc(C(F)(F)F)ncn3)C2)C1. The molecule has 2 saturated heterocycles. The Morgan fingerprint density at radius 1 is 1.32 bits per heavy atom. The predicted molar refractivity (Wildman–Crippen MR) is 102 cm³/mol. The highest BCUT2D eigenvalue weighted by atomic mass is 19.4. The van der Waals surface area contributed by atoms with Crippen molar-refractivity contribution >= 4 is 23.5 Å². The molecule has 0 saturated carbocycles. The van der Waals surface area contributed by atoms with E-state index in [2.05, 4.69) is 25.8 Å². The van der Waals surface area contributed by atoms with Gasteiger partial charge in [-0.05, 0) is 12.8 Å². The molecule has 3 aliphatic heterocycles. The number of amides is 3. The maximum absolute atomic E-state index is 13.0. The molecule has 2 fully saturated rings. The number of carbonyl (C=O) groups is 2. The second-order valence-corrected chi connectivity index (χ2v) is 7.75. The second kappa shape index (κ2) is 8.19. The van der Waals surface area contributed by atoms with E-state index in [4.69, 9.17) is 4.84 Å². The number of piperidine rings is 1. The Hall–Kier alpha value is -3.12. The number of anilines is 1. The fourth-order valence-electron chi connectivity index (χ4n) is 3.96. The van der Waals surface area contributed by atoms with E-state index < -0.39 is 17.5 Å². The lowest BCUT2D eigenvalue weighted by Crippen LogP contribution is -2.49. The van der Waals surface area contributed by atoms with E-state index >= 15 is 0 Å². The van der Waals surface area contributed by atoms with Crippen LogP contribution < -0.4 is 15.5 Å². The average Bonchev–Trinajstić information content (AvgIpc) is 3.34. The van der Waals surface area contributed by atoms with Crippen molar-refractivity contribution in [3.05, 3.63) is 18.1 Å². The monoisotopic (exact) mass is 441 g/mol. The largest absolute Gasteiger partial charge is 0.433 e. The van der Waals surface area contributed by atoms with Crippen LogP contribution in [0.25, 0.3) is 0 Å². The maximum atomic E-state index is 13.0. The minimum absolute atomic E-state index is 0.157. The van der Waals surface area contributed by atoms with Gasteiger partial charge in [0.05, 0.1) is 6.54 Å². The van der Waals surface area contributed by atoms with Gasteiger partial charge in [-0.3, -0.25) is 4.79 Å². The molecule has 31 heavy (non-hydrogen) atoms. The van der Waals surface area contributed by atoms with Crippen molar-refractivity contribution in [2.75, 3.05) is 44.2 Å². The van der Waals surface area contributed by atoms with E-state index in [1.807, 2.05) is 0 Å². The molecule has 0 aromatic carbocycles. The number of alkyl halides is 3. The molecule has 0 bridgehead atoms. The van der Waals surface area contributed by atoms with E-state index in [1.165, 1.54) is 0 Å². The molecule has 3 aliphatic rings. The van der Waals surface area contributed by atoms with Crippen LogP contribution in [0.2, 0.25) is 0 Å². The van der Waals surface area contributed by atoms with Gasteiger partial charge in [-0.25, -0.2) is 14.8 Å². The van der Waals surface area contributed by atoms with Crippen LogP contribution in [0, 0.1) is 0 Å². The lowest BCUT2D eigenvalue weighted by atomic mass is 9.88. The van der Waals surface area contributed by atoms with E-state index in [0.717, 1.165) is 12.4 Å². The Morgan fingerprint density at radius 2 is 2.16 bits per heavy atom. The van der Waals surface area contributed by atoms with Crippen molar-refractivity contribution < 1.29 is 27.6 Å². The van der Waals surface area contributed by atoms with Gasteiger partial charge in [-0.2, -0.15) is 13.2 Å². The molecule has 1 spiro atoms. The zero-order chi connectivity index (χ0) is 22.1.